The molecule has 0 saturated carbocycles. The van der Waals surface area contributed by atoms with E-state index in [-0.39, 0.29) is 0 Å². The second-order valence-electron chi connectivity index (χ2n) is 3.10. The van der Waals surface area contributed by atoms with Gasteiger partial charge in [0.25, 0.3) is 0 Å². The van der Waals surface area contributed by atoms with Crippen molar-refractivity contribution in [3.63, 3.8) is 0 Å². The molecule has 0 radical (unpaired) electrons. The molecule has 1 aromatic carbocycles. The summed E-state index contributed by atoms with van der Waals surface area (Å²) in [5.41, 5.74) is 3.44. The first kappa shape index (κ1) is 8.32. The molecule has 3 aromatic rings. The Hall–Kier alpha value is -1.00. The van der Waals surface area contributed by atoms with E-state index in [2.05, 4.69) is 33.5 Å². The molecule has 0 atom stereocenters. The van der Waals surface area contributed by atoms with Crippen molar-refractivity contribution in [3.05, 3.63) is 35.3 Å². The largest absolute Gasteiger partial charge is 0.286 e. The summed E-state index contributed by atoms with van der Waals surface area (Å²) in [4.78, 5) is 5.58. The van der Waals surface area contributed by atoms with Gasteiger partial charge in [0.2, 0.25) is 0 Å². The smallest absolute Gasteiger partial charge is 0.194 e. The van der Waals surface area contributed by atoms with Gasteiger partial charge in [-0.2, -0.15) is 12.6 Å². The van der Waals surface area contributed by atoms with Crippen LogP contribution in [0.2, 0.25) is 0 Å². The molecule has 0 aliphatic heterocycles. The Morgan fingerprint density at radius 3 is 3.07 bits per heavy atom. The predicted octanol–water partition coefficient (Wildman–Crippen LogP) is 2.98. The SMILES string of the molecule is SCc1csc2nc3ccccc3n12. The van der Waals surface area contributed by atoms with Gasteiger partial charge in [0.1, 0.15) is 0 Å². The van der Waals surface area contributed by atoms with Crippen molar-refractivity contribution >= 4 is 40.0 Å². The van der Waals surface area contributed by atoms with E-state index in [1.165, 1.54) is 11.2 Å². The molecule has 3 rings (SSSR count). The third-order valence-corrected chi connectivity index (χ3v) is 3.48. The van der Waals surface area contributed by atoms with Crippen LogP contribution in [0.5, 0.6) is 0 Å². The molecule has 2 nitrogen and oxygen atoms in total. The predicted molar refractivity (Wildman–Crippen MR) is 63.3 cm³/mol. The van der Waals surface area contributed by atoms with Crippen molar-refractivity contribution in [3.8, 4) is 0 Å². The van der Waals surface area contributed by atoms with E-state index in [4.69, 9.17) is 0 Å². The van der Waals surface area contributed by atoms with E-state index in [1.807, 2.05) is 18.2 Å². The summed E-state index contributed by atoms with van der Waals surface area (Å²) in [6.07, 6.45) is 0. The minimum Gasteiger partial charge on any atom is -0.286 e. The van der Waals surface area contributed by atoms with Crippen molar-refractivity contribution in [2.24, 2.45) is 0 Å². The van der Waals surface area contributed by atoms with Gasteiger partial charge in [-0.15, -0.1) is 11.3 Å². The number of benzene rings is 1. The van der Waals surface area contributed by atoms with Crippen molar-refractivity contribution in [2.75, 3.05) is 0 Å². The van der Waals surface area contributed by atoms with Gasteiger partial charge in [-0.25, -0.2) is 4.98 Å². The monoisotopic (exact) mass is 220 g/mol. The standard InChI is InChI=1S/C10H8N2S2/c13-5-7-6-14-10-11-8-3-1-2-4-9(8)12(7)10/h1-4,6,13H,5H2. The Balaban J connectivity index is 2.54. The maximum absolute atomic E-state index is 4.53. The van der Waals surface area contributed by atoms with Crippen LogP contribution in [-0.2, 0) is 5.75 Å². The highest BCUT2D eigenvalue weighted by Crippen LogP contribution is 2.23. The molecule has 2 heterocycles. The Labute approximate surface area is 90.6 Å². The van der Waals surface area contributed by atoms with Crippen molar-refractivity contribution in [1.29, 1.82) is 0 Å². The second kappa shape index (κ2) is 3.00. The van der Waals surface area contributed by atoms with Crippen LogP contribution in [0.1, 0.15) is 5.69 Å². The van der Waals surface area contributed by atoms with E-state index < -0.39 is 0 Å². The number of aromatic nitrogens is 2. The van der Waals surface area contributed by atoms with Gasteiger partial charge in [-0.3, -0.25) is 4.40 Å². The summed E-state index contributed by atoms with van der Waals surface area (Å²) in [6, 6.07) is 8.18. The third kappa shape index (κ3) is 1.01. The van der Waals surface area contributed by atoms with Crippen molar-refractivity contribution < 1.29 is 0 Å². The van der Waals surface area contributed by atoms with E-state index in [9.17, 15) is 0 Å². The van der Waals surface area contributed by atoms with E-state index >= 15 is 0 Å². The molecule has 0 N–H and O–H groups in total. The molecular formula is C10H8N2S2. The zero-order chi connectivity index (χ0) is 9.54. The van der Waals surface area contributed by atoms with Crippen LogP contribution in [0.25, 0.3) is 16.0 Å². The fourth-order valence-corrected chi connectivity index (χ4v) is 2.90. The number of thiol groups is 1. The van der Waals surface area contributed by atoms with Gasteiger partial charge in [-0.1, -0.05) is 12.1 Å². The highest BCUT2D eigenvalue weighted by molar-refractivity contribution is 7.79. The first-order valence-corrected chi connectivity index (χ1v) is 5.86. The first-order chi connectivity index (χ1) is 6.90. The van der Waals surface area contributed by atoms with Crippen LogP contribution >= 0.6 is 24.0 Å². The molecule has 0 bridgehead atoms. The number of hydrogen-bond donors (Lipinski definition) is 1. The number of thiazole rings is 1. The number of nitrogens with zero attached hydrogens (tertiary/aromatic N) is 2. The Kier molecular flexibility index (Phi) is 1.78. The van der Waals surface area contributed by atoms with E-state index in [0.717, 1.165) is 16.2 Å². The summed E-state index contributed by atoms with van der Waals surface area (Å²) in [6.45, 7) is 0. The maximum atomic E-state index is 4.53. The summed E-state index contributed by atoms with van der Waals surface area (Å²) in [5, 5.41) is 2.11. The Morgan fingerprint density at radius 1 is 1.36 bits per heavy atom. The minimum atomic E-state index is 0.750. The molecular weight excluding hydrogens is 212 g/mol. The molecule has 14 heavy (non-hydrogen) atoms. The number of para-hydroxylation sites is 2. The zero-order valence-electron chi connectivity index (χ0n) is 7.34. The minimum absolute atomic E-state index is 0.750. The number of fused-ring (bicyclic) bond motifs is 3. The summed E-state index contributed by atoms with van der Waals surface area (Å²) < 4.78 is 2.17. The van der Waals surface area contributed by atoms with Crippen LogP contribution in [0.4, 0.5) is 0 Å². The molecule has 70 valence electrons. The fraction of sp³-hybridized carbons (Fsp3) is 0.100. The molecule has 0 spiro atoms. The van der Waals surface area contributed by atoms with Gasteiger partial charge in [0.05, 0.1) is 11.0 Å². The first-order valence-electron chi connectivity index (χ1n) is 4.34. The molecule has 0 aliphatic rings. The highest BCUT2D eigenvalue weighted by Gasteiger charge is 2.08. The molecule has 4 heteroatoms. The number of rotatable bonds is 1. The molecule has 0 saturated heterocycles. The quantitative estimate of drug-likeness (QED) is 0.624. The highest BCUT2D eigenvalue weighted by atomic mass is 32.1. The van der Waals surface area contributed by atoms with Gasteiger partial charge in [0.15, 0.2) is 4.96 Å². The Morgan fingerprint density at radius 2 is 2.21 bits per heavy atom. The van der Waals surface area contributed by atoms with Crippen molar-refractivity contribution in [1.82, 2.24) is 9.38 Å². The number of hydrogen-bond acceptors (Lipinski definition) is 3. The molecule has 0 aliphatic carbocycles. The lowest BCUT2D eigenvalue weighted by Gasteiger charge is -1.94. The summed E-state index contributed by atoms with van der Waals surface area (Å²) >= 11 is 5.98. The zero-order valence-corrected chi connectivity index (χ0v) is 9.05. The van der Waals surface area contributed by atoms with Crippen LogP contribution in [-0.4, -0.2) is 9.38 Å². The molecule has 0 fully saturated rings. The normalized spacial score (nSPS) is 11.5. The molecule has 0 unspecified atom stereocenters. The topological polar surface area (TPSA) is 17.3 Å². The van der Waals surface area contributed by atoms with Gasteiger partial charge in [0, 0.05) is 16.8 Å². The number of imidazole rings is 1. The molecule has 2 aromatic heterocycles. The van der Waals surface area contributed by atoms with Crippen molar-refractivity contribution in [2.45, 2.75) is 5.75 Å². The summed E-state index contributed by atoms with van der Waals surface area (Å²) in [5.74, 6) is 0.750. The van der Waals surface area contributed by atoms with Crippen LogP contribution in [0.15, 0.2) is 29.6 Å². The van der Waals surface area contributed by atoms with E-state index in [1.54, 1.807) is 11.3 Å². The van der Waals surface area contributed by atoms with Crippen LogP contribution in [0, 0.1) is 0 Å². The van der Waals surface area contributed by atoms with Gasteiger partial charge < -0.3 is 0 Å². The van der Waals surface area contributed by atoms with E-state index in [0.29, 0.717) is 0 Å². The fourth-order valence-electron chi connectivity index (χ4n) is 1.64. The Bertz CT molecular complexity index is 594. The summed E-state index contributed by atoms with van der Waals surface area (Å²) in [7, 11) is 0. The molecule has 0 amide bonds. The lowest BCUT2D eigenvalue weighted by Crippen LogP contribution is -1.85. The third-order valence-electron chi connectivity index (χ3n) is 2.28. The van der Waals surface area contributed by atoms with Crippen LogP contribution < -0.4 is 0 Å². The lowest BCUT2D eigenvalue weighted by atomic mass is 10.3. The second-order valence-corrected chi connectivity index (χ2v) is 4.26. The average molecular weight is 220 g/mol. The maximum Gasteiger partial charge on any atom is 0.194 e. The van der Waals surface area contributed by atoms with Gasteiger partial charge in [-0.05, 0) is 12.1 Å². The average Bonchev–Trinajstić information content (AvgIpc) is 2.75. The van der Waals surface area contributed by atoms with Gasteiger partial charge >= 0.3 is 0 Å². The van der Waals surface area contributed by atoms with Crippen LogP contribution in [0.3, 0.4) is 0 Å². The lowest BCUT2D eigenvalue weighted by molar-refractivity contribution is 1.15.